The lowest BCUT2D eigenvalue weighted by Crippen LogP contribution is -2.48. The van der Waals surface area contributed by atoms with E-state index in [9.17, 15) is 9.59 Å². The van der Waals surface area contributed by atoms with Gasteiger partial charge in [-0.15, -0.1) is 0 Å². The van der Waals surface area contributed by atoms with Crippen LogP contribution in [0.3, 0.4) is 0 Å². The summed E-state index contributed by atoms with van der Waals surface area (Å²) in [6.45, 7) is 2.08. The van der Waals surface area contributed by atoms with Gasteiger partial charge in [0.1, 0.15) is 0 Å². The zero-order chi connectivity index (χ0) is 14.6. The van der Waals surface area contributed by atoms with E-state index >= 15 is 0 Å². The number of esters is 1. The van der Waals surface area contributed by atoms with E-state index in [0.29, 0.717) is 24.3 Å². The van der Waals surface area contributed by atoms with Crippen LogP contribution in [0.1, 0.15) is 43.0 Å². The number of carbonyl (C=O) groups excluding carboxylic acids is 2. The summed E-state index contributed by atoms with van der Waals surface area (Å²) in [5.41, 5.74) is 6.71. The molecule has 1 aliphatic rings. The van der Waals surface area contributed by atoms with Crippen LogP contribution in [0.25, 0.3) is 0 Å². The number of rotatable bonds is 5. The smallest absolute Gasteiger partial charge is 0.338 e. The maximum atomic E-state index is 11.9. The third kappa shape index (κ3) is 3.57. The molecule has 0 atom stereocenters. The van der Waals surface area contributed by atoms with Crippen LogP contribution < -0.4 is 11.1 Å². The Kier molecular flexibility index (Phi) is 4.39. The number of ether oxygens (including phenoxy) is 1. The monoisotopic (exact) mass is 276 g/mol. The average molecular weight is 276 g/mol. The Hall–Kier alpha value is -1.88. The van der Waals surface area contributed by atoms with Crippen LogP contribution in [0.15, 0.2) is 24.3 Å². The van der Waals surface area contributed by atoms with E-state index < -0.39 is 5.97 Å². The fraction of sp³-hybridized carbons (Fsp3) is 0.467. The number of benzene rings is 1. The Bertz CT molecular complexity index is 510. The van der Waals surface area contributed by atoms with Gasteiger partial charge in [0, 0.05) is 17.6 Å². The molecule has 108 valence electrons. The minimum Gasteiger partial charge on any atom is -0.462 e. The summed E-state index contributed by atoms with van der Waals surface area (Å²) in [6, 6.07) is 6.72. The first-order valence-electron chi connectivity index (χ1n) is 6.88. The van der Waals surface area contributed by atoms with Gasteiger partial charge < -0.3 is 15.8 Å². The molecule has 2 rings (SSSR count). The van der Waals surface area contributed by atoms with Crippen molar-refractivity contribution < 1.29 is 14.3 Å². The molecule has 20 heavy (non-hydrogen) atoms. The molecule has 1 amide bonds. The zero-order valence-electron chi connectivity index (χ0n) is 11.6. The van der Waals surface area contributed by atoms with Crippen molar-refractivity contribution in [2.45, 2.75) is 38.1 Å². The summed E-state index contributed by atoms with van der Waals surface area (Å²) >= 11 is 0. The quantitative estimate of drug-likeness (QED) is 0.807. The number of hydrogen-bond acceptors (Lipinski definition) is 4. The van der Waals surface area contributed by atoms with Crippen molar-refractivity contribution >= 4 is 17.6 Å². The molecule has 0 unspecified atom stereocenters. The molecule has 0 spiro atoms. The molecule has 1 aromatic rings. The first kappa shape index (κ1) is 14.5. The molecule has 1 fully saturated rings. The Morgan fingerprint density at radius 1 is 1.40 bits per heavy atom. The van der Waals surface area contributed by atoms with Crippen LogP contribution in [0, 0.1) is 0 Å². The Labute approximate surface area is 118 Å². The summed E-state index contributed by atoms with van der Waals surface area (Å²) in [6.07, 6.45) is 3.19. The summed E-state index contributed by atoms with van der Waals surface area (Å²) in [7, 11) is 0. The molecular formula is C15H20N2O3. The standard InChI is InChI=1S/C15H20N2O3/c1-2-20-14(19)11-5-3-6-12(9-11)17-13(18)10-15(16)7-4-8-15/h3,5-6,9H,2,4,7-8,10,16H2,1H3,(H,17,18). The molecule has 0 bridgehead atoms. The number of amides is 1. The summed E-state index contributed by atoms with van der Waals surface area (Å²) in [5.74, 6) is -0.508. The van der Waals surface area contributed by atoms with Gasteiger partial charge in [-0.2, -0.15) is 0 Å². The fourth-order valence-corrected chi connectivity index (χ4v) is 2.27. The summed E-state index contributed by atoms with van der Waals surface area (Å²) in [4.78, 5) is 23.5. The summed E-state index contributed by atoms with van der Waals surface area (Å²) in [5, 5.41) is 2.78. The lowest BCUT2D eigenvalue weighted by Gasteiger charge is -2.37. The first-order valence-corrected chi connectivity index (χ1v) is 6.88. The second-order valence-corrected chi connectivity index (χ2v) is 5.24. The predicted molar refractivity (Wildman–Crippen MR) is 76.4 cm³/mol. The minimum absolute atomic E-state index is 0.117. The Balaban J connectivity index is 1.97. The van der Waals surface area contributed by atoms with Crippen molar-refractivity contribution in [2.24, 2.45) is 5.73 Å². The molecule has 3 N–H and O–H groups in total. The summed E-state index contributed by atoms with van der Waals surface area (Å²) < 4.78 is 4.92. The molecule has 1 aliphatic carbocycles. The lowest BCUT2D eigenvalue weighted by molar-refractivity contribution is -0.118. The highest BCUT2D eigenvalue weighted by molar-refractivity contribution is 5.95. The minimum atomic E-state index is -0.391. The SMILES string of the molecule is CCOC(=O)c1cccc(NC(=O)CC2(N)CCC2)c1. The van der Waals surface area contributed by atoms with Gasteiger partial charge in [0.05, 0.1) is 12.2 Å². The third-order valence-electron chi connectivity index (χ3n) is 3.52. The van der Waals surface area contributed by atoms with Gasteiger partial charge >= 0.3 is 5.97 Å². The van der Waals surface area contributed by atoms with Crippen molar-refractivity contribution in [2.75, 3.05) is 11.9 Å². The maximum Gasteiger partial charge on any atom is 0.338 e. The molecule has 0 aliphatic heterocycles. The van der Waals surface area contributed by atoms with Gasteiger partial charge in [0.15, 0.2) is 0 Å². The van der Waals surface area contributed by atoms with E-state index in [1.54, 1.807) is 31.2 Å². The van der Waals surface area contributed by atoms with Crippen molar-refractivity contribution in [1.82, 2.24) is 0 Å². The third-order valence-corrected chi connectivity index (χ3v) is 3.52. The van der Waals surface area contributed by atoms with Crippen LogP contribution in [0.4, 0.5) is 5.69 Å². The zero-order valence-corrected chi connectivity index (χ0v) is 11.6. The lowest BCUT2D eigenvalue weighted by atomic mass is 9.75. The highest BCUT2D eigenvalue weighted by atomic mass is 16.5. The second kappa shape index (κ2) is 6.05. The number of nitrogens with one attached hydrogen (secondary N) is 1. The predicted octanol–water partition coefficient (Wildman–Crippen LogP) is 2.07. The molecule has 0 heterocycles. The molecular weight excluding hydrogens is 256 g/mol. The van der Waals surface area contributed by atoms with E-state index in [4.69, 9.17) is 10.5 Å². The normalized spacial score (nSPS) is 16.1. The van der Waals surface area contributed by atoms with Crippen LogP contribution >= 0.6 is 0 Å². The number of anilines is 1. The fourth-order valence-electron chi connectivity index (χ4n) is 2.27. The first-order chi connectivity index (χ1) is 9.52. The molecule has 0 saturated heterocycles. The topological polar surface area (TPSA) is 81.4 Å². The van der Waals surface area contributed by atoms with Crippen LogP contribution in [0.5, 0.6) is 0 Å². The van der Waals surface area contributed by atoms with Crippen molar-refractivity contribution in [3.63, 3.8) is 0 Å². The Morgan fingerprint density at radius 2 is 2.15 bits per heavy atom. The molecule has 5 heteroatoms. The highest BCUT2D eigenvalue weighted by Crippen LogP contribution is 2.32. The largest absolute Gasteiger partial charge is 0.462 e. The number of hydrogen-bond donors (Lipinski definition) is 2. The van der Waals surface area contributed by atoms with Gasteiger partial charge in [0.25, 0.3) is 0 Å². The van der Waals surface area contributed by atoms with Crippen molar-refractivity contribution in [1.29, 1.82) is 0 Å². The molecule has 1 saturated carbocycles. The van der Waals surface area contributed by atoms with E-state index in [1.807, 2.05) is 0 Å². The van der Waals surface area contributed by atoms with Gasteiger partial charge in [-0.25, -0.2) is 4.79 Å². The average Bonchev–Trinajstić information content (AvgIpc) is 2.37. The van der Waals surface area contributed by atoms with Crippen molar-refractivity contribution in [3.05, 3.63) is 29.8 Å². The van der Waals surface area contributed by atoms with Gasteiger partial charge in [-0.3, -0.25) is 4.79 Å². The Morgan fingerprint density at radius 3 is 2.75 bits per heavy atom. The maximum absolute atomic E-state index is 11.9. The van der Waals surface area contributed by atoms with Crippen LogP contribution in [-0.2, 0) is 9.53 Å². The van der Waals surface area contributed by atoms with E-state index in [-0.39, 0.29) is 11.4 Å². The van der Waals surface area contributed by atoms with E-state index in [1.165, 1.54) is 0 Å². The van der Waals surface area contributed by atoms with E-state index in [2.05, 4.69) is 5.32 Å². The van der Waals surface area contributed by atoms with Crippen LogP contribution in [-0.4, -0.2) is 24.0 Å². The molecule has 0 radical (unpaired) electrons. The van der Waals surface area contributed by atoms with Gasteiger partial charge in [-0.05, 0) is 44.4 Å². The molecule has 1 aromatic carbocycles. The number of carbonyl (C=O) groups is 2. The number of nitrogens with two attached hydrogens (primary N) is 1. The highest BCUT2D eigenvalue weighted by Gasteiger charge is 2.34. The van der Waals surface area contributed by atoms with Crippen LogP contribution in [0.2, 0.25) is 0 Å². The second-order valence-electron chi connectivity index (χ2n) is 5.24. The van der Waals surface area contributed by atoms with E-state index in [0.717, 1.165) is 19.3 Å². The van der Waals surface area contributed by atoms with Crippen molar-refractivity contribution in [3.8, 4) is 0 Å². The van der Waals surface area contributed by atoms with Gasteiger partial charge in [0.2, 0.25) is 5.91 Å². The molecule has 5 nitrogen and oxygen atoms in total. The van der Waals surface area contributed by atoms with Gasteiger partial charge in [-0.1, -0.05) is 6.07 Å². The molecule has 0 aromatic heterocycles.